The van der Waals surface area contributed by atoms with E-state index in [1.807, 2.05) is 30.0 Å². The van der Waals surface area contributed by atoms with Crippen LogP contribution in [0.5, 0.6) is 0 Å². The van der Waals surface area contributed by atoms with E-state index in [0.29, 0.717) is 5.56 Å². The highest BCUT2D eigenvalue weighted by molar-refractivity contribution is 7.99. The van der Waals surface area contributed by atoms with Gasteiger partial charge in [0.25, 0.3) is 0 Å². The standard InChI is InChI=1S/C13H16O2S/c1-10(14)11-4-2-3-5-12(11)13(15)6-8-16-9-7-13/h2-5,15H,6-9H2,1H3. The van der Waals surface area contributed by atoms with Crippen molar-refractivity contribution >= 4 is 17.5 Å². The first-order valence-electron chi connectivity index (χ1n) is 5.54. The Morgan fingerprint density at radius 3 is 2.56 bits per heavy atom. The van der Waals surface area contributed by atoms with Gasteiger partial charge in [0.05, 0.1) is 5.60 Å². The average molecular weight is 236 g/mol. The van der Waals surface area contributed by atoms with Gasteiger partial charge in [0, 0.05) is 5.56 Å². The van der Waals surface area contributed by atoms with Crippen LogP contribution in [-0.4, -0.2) is 22.4 Å². The minimum absolute atomic E-state index is 0.0299. The van der Waals surface area contributed by atoms with Gasteiger partial charge in [0.15, 0.2) is 5.78 Å². The SMILES string of the molecule is CC(=O)c1ccccc1C1(O)CCSCC1. The first-order chi connectivity index (χ1) is 7.63. The van der Waals surface area contributed by atoms with Crippen LogP contribution in [0.3, 0.4) is 0 Å². The highest BCUT2D eigenvalue weighted by Crippen LogP contribution is 2.37. The van der Waals surface area contributed by atoms with Crippen LogP contribution in [0.15, 0.2) is 24.3 Å². The van der Waals surface area contributed by atoms with E-state index in [1.165, 1.54) is 0 Å². The van der Waals surface area contributed by atoms with Gasteiger partial charge in [-0.2, -0.15) is 11.8 Å². The molecule has 0 atom stereocenters. The summed E-state index contributed by atoms with van der Waals surface area (Å²) in [5.41, 5.74) is 0.674. The topological polar surface area (TPSA) is 37.3 Å². The number of Topliss-reactive ketones (excluding diaryl/α,β-unsaturated/α-hetero) is 1. The Hall–Kier alpha value is -0.800. The van der Waals surface area contributed by atoms with E-state index in [0.717, 1.165) is 29.9 Å². The molecule has 1 aromatic carbocycles. The molecule has 1 saturated heterocycles. The lowest BCUT2D eigenvalue weighted by Gasteiger charge is -2.33. The number of ketones is 1. The molecule has 2 rings (SSSR count). The van der Waals surface area contributed by atoms with Crippen LogP contribution >= 0.6 is 11.8 Å². The molecule has 1 N–H and O–H groups in total. The Kier molecular flexibility index (Phi) is 3.36. The predicted molar refractivity (Wildman–Crippen MR) is 66.9 cm³/mol. The van der Waals surface area contributed by atoms with Gasteiger partial charge in [-0.3, -0.25) is 4.79 Å². The van der Waals surface area contributed by atoms with Crippen LogP contribution in [0.1, 0.15) is 35.7 Å². The van der Waals surface area contributed by atoms with E-state index in [1.54, 1.807) is 13.0 Å². The van der Waals surface area contributed by atoms with Crippen molar-refractivity contribution in [1.29, 1.82) is 0 Å². The first-order valence-corrected chi connectivity index (χ1v) is 6.69. The molecule has 1 aromatic rings. The van der Waals surface area contributed by atoms with Crippen molar-refractivity contribution in [1.82, 2.24) is 0 Å². The quantitative estimate of drug-likeness (QED) is 0.802. The molecule has 0 radical (unpaired) electrons. The van der Waals surface area contributed by atoms with Crippen LogP contribution in [0.2, 0.25) is 0 Å². The third-order valence-electron chi connectivity index (χ3n) is 3.13. The number of hydrogen-bond acceptors (Lipinski definition) is 3. The Morgan fingerprint density at radius 1 is 1.31 bits per heavy atom. The Balaban J connectivity index is 2.42. The van der Waals surface area contributed by atoms with Gasteiger partial charge in [0.2, 0.25) is 0 Å². The second kappa shape index (κ2) is 4.60. The van der Waals surface area contributed by atoms with Gasteiger partial charge in [-0.05, 0) is 36.8 Å². The van der Waals surface area contributed by atoms with Crippen molar-refractivity contribution in [3.8, 4) is 0 Å². The summed E-state index contributed by atoms with van der Waals surface area (Å²) in [5.74, 6) is 1.95. The van der Waals surface area contributed by atoms with Gasteiger partial charge in [0.1, 0.15) is 0 Å². The van der Waals surface area contributed by atoms with Gasteiger partial charge in [-0.25, -0.2) is 0 Å². The van der Waals surface area contributed by atoms with Crippen LogP contribution in [0.4, 0.5) is 0 Å². The summed E-state index contributed by atoms with van der Waals surface area (Å²) in [6.07, 6.45) is 1.48. The summed E-state index contributed by atoms with van der Waals surface area (Å²) in [7, 11) is 0. The normalized spacial score (nSPS) is 19.4. The lowest BCUT2D eigenvalue weighted by atomic mass is 9.84. The fourth-order valence-electron chi connectivity index (χ4n) is 2.17. The van der Waals surface area contributed by atoms with Crippen molar-refractivity contribution in [2.24, 2.45) is 0 Å². The average Bonchev–Trinajstić information content (AvgIpc) is 2.30. The summed E-state index contributed by atoms with van der Waals surface area (Å²) < 4.78 is 0. The number of thioether (sulfide) groups is 1. The fraction of sp³-hybridized carbons (Fsp3) is 0.462. The number of carbonyl (C=O) groups excluding carboxylic acids is 1. The molecule has 0 bridgehead atoms. The van der Waals surface area contributed by atoms with Crippen molar-refractivity contribution in [2.45, 2.75) is 25.4 Å². The van der Waals surface area contributed by atoms with Gasteiger partial charge in [-0.1, -0.05) is 24.3 Å². The van der Waals surface area contributed by atoms with E-state index in [2.05, 4.69) is 0 Å². The molecule has 0 spiro atoms. The van der Waals surface area contributed by atoms with Crippen molar-refractivity contribution in [3.63, 3.8) is 0 Å². The molecular formula is C13H16O2S. The second-order valence-electron chi connectivity index (χ2n) is 4.25. The Labute approximate surface area is 100 Å². The van der Waals surface area contributed by atoms with E-state index >= 15 is 0 Å². The highest BCUT2D eigenvalue weighted by Gasteiger charge is 2.33. The van der Waals surface area contributed by atoms with Crippen molar-refractivity contribution in [2.75, 3.05) is 11.5 Å². The van der Waals surface area contributed by atoms with Crippen LogP contribution in [-0.2, 0) is 5.60 Å². The molecule has 2 nitrogen and oxygen atoms in total. The van der Waals surface area contributed by atoms with Gasteiger partial charge >= 0.3 is 0 Å². The predicted octanol–water partition coefficient (Wildman–Crippen LogP) is 2.60. The largest absolute Gasteiger partial charge is 0.385 e. The van der Waals surface area contributed by atoms with Gasteiger partial charge in [-0.15, -0.1) is 0 Å². The molecule has 1 aliphatic rings. The summed E-state index contributed by atoms with van der Waals surface area (Å²) >= 11 is 1.86. The maximum Gasteiger partial charge on any atom is 0.160 e. The molecule has 16 heavy (non-hydrogen) atoms. The zero-order chi connectivity index (χ0) is 11.6. The minimum atomic E-state index is -0.798. The molecule has 1 fully saturated rings. The fourth-order valence-corrected chi connectivity index (χ4v) is 3.34. The molecular weight excluding hydrogens is 220 g/mol. The zero-order valence-corrected chi connectivity index (χ0v) is 10.2. The maximum absolute atomic E-state index is 11.5. The van der Waals surface area contributed by atoms with E-state index in [9.17, 15) is 9.90 Å². The Morgan fingerprint density at radius 2 is 1.94 bits per heavy atom. The number of aliphatic hydroxyl groups is 1. The minimum Gasteiger partial charge on any atom is -0.385 e. The molecule has 3 heteroatoms. The summed E-state index contributed by atoms with van der Waals surface area (Å²) in [6.45, 7) is 1.56. The third-order valence-corrected chi connectivity index (χ3v) is 4.11. The maximum atomic E-state index is 11.5. The molecule has 0 saturated carbocycles. The molecule has 0 aromatic heterocycles. The molecule has 0 amide bonds. The molecule has 1 heterocycles. The van der Waals surface area contributed by atoms with E-state index in [4.69, 9.17) is 0 Å². The molecule has 86 valence electrons. The lowest BCUT2D eigenvalue weighted by molar-refractivity contribution is 0.0271. The third kappa shape index (κ3) is 2.15. The van der Waals surface area contributed by atoms with Crippen LogP contribution in [0, 0.1) is 0 Å². The van der Waals surface area contributed by atoms with Crippen molar-refractivity contribution < 1.29 is 9.90 Å². The van der Waals surface area contributed by atoms with E-state index < -0.39 is 5.60 Å². The van der Waals surface area contributed by atoms with Crippen LogP contribution in [0.25, 0.3) is 0 Å². The summed E-state index contributed by atoms with van der Waals surface area (Å²) in [6, 6.07) is 7.42. The van der Waals surface area contributed by atoms with E-state index in [-0.39, 0.29) is 5.78 Å². The second-order valence-corrected chi connectivity index (χ2v) is 5.47. The van der Waals surface area contributed by atoms with Crippen molar-refractivity contribution in [3.05, 3.63) is 35.4 Å². The zero-order valence-electron chi connectivity index (χ0n) is 9.40. The molecule has 0 aliphatic carbocycles. The first kappa shape index (κ1) is 11.7. The summed E-state index contributed by atoms with van der Waals surface area (Å²) in [5, 5.41) is 10.6. The van der Waals surface area contributed by atoms with Crippen LogP contribution < -0.4 is 0 Å². The number of carbonyl (C=O) groups is 1. The monoisotopic (exact) mass is 236 g/mol. The summed E-state index contributed by atoms with van der Waals surface area (Å²) in [4.78, 5) is 11.5. The number of rotatable bonds is 2. The lowest BCUT2D eigenvalue weighted by Crippen LogP contribution is -2.32. The molecule has 1 aliphatic heterocycles. The Bertz CT molecular complexity index is 395. The molecule has 0 unspecified atom stereocenters. The smallest absolute Gasteiger partial charge is 0.160 e. The number of benzene rings is 1. The van der Waals surface area contributed by atoms with Gasteiger partial charge < -0.3 is 5.11 Å². The number of hydrogen-bond donors (Lipinski definition) is 1. The highest BCUT2D eigenvalue weighted by atomic mass is 32.2.